The highest BCUT2D eigenvalue weighted by Crippen LogP contribution is 2.45. The highest BCUT2D eigenvalue weighted by Gasteiger charge is 2.38. The Morgan fingerprint density at radius 3 is 2.28 bits per heavy atom. The predicted octanol–water partition coefficient (Wildman–Crippen LogP) is 5.14. The standard InChI is InChI=1S/C27H38Cl2N4O3/c1-16(32-20-7-5-19(6-8-20)17(2)34)21(11-30)26(36)33(14-18-9-27(3,4)10-18)15-24(35)25-22(28)12-31-13-23(25)29/h11-13,18-20,24,35H,5-10,14-15,30H2,1-4H3. The molecule has 2 aliphatic carbocycles. The van der Waals surface area contributed by atoms with Gasteiger partial charge in [0.25, 0.3) is 5.91 Å². The molecule has 2 fully saturated rings. The van der Waals surface area contributed by atoms with E-state index in [0.717, 1.165) is 38.5 Å². The Morgan fingerprint density at radius 1 is 1.19 bits per heavy atom. The summed E-state index contributed by atoms with van der Waals surface area (Å²) in [6, 6.07) is 0.0595. The quantitative estimate of drug-likeness (QED) is 0.335. The van der Waals surface area contributed by atoms with Crippen LogP contribution in [-0.4, -0.2) is 51.5 Å². The van der Waals surface area contributed by atoms with E-state index in [-0.39, 0.29) is 45.7 Å². The predicted molar refractivity (Wildman–Crippen MR) is 144 cm³/mol. The Kier molecular flexibility index (Phi) is 9.58. The monoisotopic (exact) mass is 536 g/mol. The van der Waals surface area contributed by atoms with Crippen LogP contribution < -0.4 is 5.73 Å². The lowest BCUT2D eigenvalue weighted by Crippen LogP contribution is -2.45. The minimum atomic E-state index is -1.08. The van der Waals surface area contributed by atoms with Gasteiger partial charge in [0, 0.05) is 42.3 Å². The highest BCUT2D eigenvalue weighted by molar-refractivity contribution is 6.35. The van der Waals surface area contributed by atoms with Crippen molar-refractivity contribution < 1.29 is 14.7 Å². The summed E-state index contributed by atoms with van der Waals surface area (Å²) >= 11 is 12.5. The first-order valence-corrected chi connectivity index (χ1v) is 13.4. The van der Waals surface area contributed by atoms with Crippen molar-refractivity contribution in [3.05, 3.63) is 39.8 Å². The van der Waals surface area contributed by atoms with Crippen molar-refractivity contribution in [3.8, 4) is 0 Å². The van der Waals surface area contributed by atoms with Crippen molar-refractivity contribution in [1.82, 2.24) is 9.88 Å². The van der Waals surface area contributed by atoms with Gasteiger partial charge in [-0.15, -0.1) is 0 Å². The van der Waals surface area contributed by atoms with E-state index in [1.165, 1.54) is 18.6 Å². The topological polar surface area (TPSA) is 109 Å². The van der Waals surface area contributed by atoms with E-state index < -0.39 is 6.10 Å². The van der Waals surface area contributed by atoms with Gasteiger partial charge in [0.1, 0.15) is 5.78 Å². The number of Topliss-reactive ketones (excluding diaryl/α,β-unsaturated/α-hetero) is 1. The fourth-order valence-electron chi connectivity index (χ4n) is 5.70. The third kappa shape index (κ3) is 7.08. The molecule has 1 aromatic rings. The molecule has 1 unspecified atom stereocenters. The molecule has 3 N–H and O–H groups in total. The number of ketones is 1. The van der Waals surface area contributed by atoms with E-state index in [4.69, 9.17) is 33.9 Å². The Morgan fingerprint density at radius 2 is 1.78 bits per heavy atom. The third-order valence-electron chi connectivity index (χ3n) is 7.50. The van der Waals surface area contributed by atoms with Gasteiger partial charge in [-0.3, -0.25) is 19.6 Å². The SMILES string of the molecule is CC(=O)C1CCC(N=C(C)C(=CN)C(=O)N(CC2CC(C)(C)C2)CC(O)c2c(Cl)cncc2Cl)CC1. The van der Waals surface area contributed by atoms with Crippen LogP contribution in [0.2, 0.25) is 10.0 Å². The zero-order valence-corrected chi connectivity index (χ0v) is 23.1. The molecule has 198 valence electrons. The summed E-state index contributed by atoms with van der Waals surface area (Å²) in [5, 5.41) is 11.5. The molecule has 0 bridgehead atoms. The Labute approximate surface area is 224 Å². The normalized spacial score (nSPS) is 23.6. The van der Waals surface area contributed by atoms with Crippen LogP contribution in [0.5, 0.6) is 0 Å². The maximum Gasteiger partial charge on any atom is 0.257 e. The minimum absolute atomic E-state index is 0.0214. The molecule has 1 aromatic heterocycles. The van der Waals surface area contributed by atoms with Gasteiger partial charge in [0.15, 0.2) is 0 Å². The number of hydrogen-bond donors (Lipinski definition) is 2. The van der Waals surface area contributed by atoms with Crippen LogP contribution in [0, 0.1) is 17.3 Å². The summed E-state index contributed by atoms with van der Waals surface area (Å²) in [5.74, 6) is 0.395. The van der Waals surface area contributed by atoms with Gasteiger partial charge in [-0.1, -0.05) is 37.0 Å². The average molecular weight is 538 g/mol. The Hall–Kier alpha value is -1.96. The van der Waals surface area contributed by atoms with Crippen LogP contribution in [-0.2, 0) is 9.59 Å². The number of pyridine rings is 1. The van der Waals surface area contributed by atoms with Gasteiger partial charge >= 0.3 is 0 Å². The van der Waals surface area contributed by atoms with Gasteiger partial charge < -0.3 is 15.7 Å². The lowest BCUT2D eigenvalue weighted by Gasteiger charge is -2.45. The number of hydrogen-bond acceptors (Lipinski definition) is 6. The maximum atomic E-state index is 13.7. The van der Waals surface area contributed by atoms with Crippen molar-refractivity contribution in [2.45, 2.75) is 78.4 Å². The molecule has 1 atom stereocenters. The van der Waals surface area contributed by atoms with Gasteiger partial charge in [-0.05, 0) is 63.7 Å². The van der Waals surface area contributed by atoms with E-state index in [1.807, 2.05) is 0 Å². The molecule has 1 amide bonds. The first kappa shape index (κ1) is 28.6. The summed E-state index contributed by atoms with van der Waals surface area (Å²) in [4.78, 5) is 35.8. The van der Waals surface area contributed by atoms with Crippen molar-refractivity contribution >= 4 is 40.6 Å². The fraction of sp³-hybridized carbons (Fsp3) is 0.630. The molecular weight excluding hydrogens is 499 g/mol. The van der Waals surface area contributed by atoms with E-state index in [0.29, 0.717) is 29.3 Å². The summed E-state index contributed by atoms with van der Waals surface area (Å²) in [5.41, 5.74) is 7.44. The second-order valence-corrected chi connectivity index (χ2v) is 11.9. The molecule has 3 rings (SSSR count). The summed E-state index contributed by atoms with van der Waals surface area (Å²) in [6.07, 6.45) is 8.33. The molecule has 0 aromatic carbocycles. The van der Waals surface area contributed by atoms with Crippen molar-refractivity contribution in [2.24, 2.45) is 28.0 Å². The van der Waals surface area contributed by atoms with Gasteiger partial charge in [-0.2, -0.15) is 0 Å². The van der Waals surface area contributed by atoms with Crippen molar-refractivity contribution in [1.29, 1.82) is 0 Å². The average Bonchev–Trinajstić information content (AvgIpc) is 2.78. The third-order valence-corrected chi connectivity index (χ3v) is 8.10. The molecule has 0 saturated heterocycles. The summed E-state index contributed by atoms with van der Waals surface area (Å²) in [6.45, 7) is 8.38. The van der Waals surface area contributed by atoms with Gasteiger partial charge in [-0.25, -0.2) is 0 Å². The number of aromatic nitrogens is 1. The first-order chi connectivity index (χ1) is 16.9. The molecule has 2 saturated carbocycles. The van der Waals surface area contributed by atoms with Crippen molar-refractivity contribution in [3.63, 3.8) is 0 Å². The zero-order chi connectivity index (χ0) is 26.6. The number of carbonyl (C=O) groups excluding carboxylic acids is 2. The van der Waals surface area contributed by atoms with Gasteiger partial charge in [0.05, 0.1) is 34.3 Å². The lowest BCUT2D eigenvalue weighted by atomic mass is 9.64. The number of nitrogens with zero attached hydrogens (tertiary/aromatic N) is 3. The van der Waals surface area contributed by atoms with Crippen LogP contribution in [0.1, 0.15) is 77.9 Å². The maximum absolute atomic E-state index is 13.7. The van der Waals surface area contributed by atoms with E-state index in [2.05, 4.69) is 18.8 Å². The summed E-state index contributed by atoms with van der Waals surface area (Å²) < 4.78 is 0. The van der Waals surface area contributed by atoms with Gasteiger partial charge in [0.2, 0.25) is 0 Å². The fourth-order valence-corrected chi connectivity index (χ4v) is 6.31. The number of amides is 1. The number of halogens is 2. The van der Waals surface area contributed by atoms with Crippen LogP contribution in [0.4, 0.5) is 0 Å². The van der Waals surface area contributed by atoms with Crippen LogP contribution in [0.3, 0.4) is 0 Å². The van der Waals surface area contributed by atoms with E-state index >= 15 is 0 Å². The number of carbonyl (C=O) groups is 2. The highest BCUT2D eigenvalue weighted by atomic mass is 35.5. The number of nitrogens with two attached hydrogens (primary N) is 1. The van der Waals surface area contributed by atoms with Crippen LogP contribution in [0.15, 0.2) is 29.2 Å². The van der Waals surface area contributed by atoms with Crippen LogP contribution >= 0.6 is 23.2 Å². The second-order valence-electron chi connectivity index (χ2n) is 11.1. The molecule has 1 heterocycles. The lowest BCUT2D eigenvalue weighted by molar-refractivity contribution is -0.130. The molecule has 7 nitrogen and oxygen atoms in total. The zero-order valence-electron chi connectivity index (χ0n) is 21.6. The molecule has 36 heavy (non-hydrogen) atoms. The number of rotatable bonds is 9. The summed E-state index contributed by atoms with van der Waals surface area (Å²) in [7, 11) is 0. The number of aliphatic imine (C=N–C) groups is 1. The molecule has 2 aliphatic rings. The number of aliphatic hydroxyl groups is 1. The molecule has 9 heteroatoms. The Bertz CT molecular complexity index is 1000. The molecule has 0 spiro atoms. The number of aliphatic hydroxyl groups excluding tert-OH is 1. The molecular formula is C27H38Cl2N4O3. The largest absolute Gasteiger partial charge is 0.404 e. The van der Waals surface area contributed by atoms with E-state index in [1.54, 1.807) is 18.7 Å². The van der Waals surface area contributed by atoms with E-state index in [9.17, 15) is 14.7 Å². The smallest absolute Gasteiger partial charge is 0.257 e. The molecule has 0 aliphatic heterocycles. The van der Waals surface area contributed by atoms with Crippen LogP contribution in [0.25, 0.3) is 0 Å². The molecule has 0 radical (unpaired) electrons. The Balaban J connectivity index is 1.78. The second kappa shape index (κ2) is 12.1. The van der Waals surface area contributed by atoms with Crippen molar-refractivity contribution in [2.75, 3.05) is 13.1 Å². The minimum Gasteiger partial charge on any atom is -0.404 e. The first-order valence-electron chi connectivity index (χ1n) is 12.6.